The van der Waals surface area contributed by atoms with E-state index in [-0.39, 0.29) is 18.7 Å². The highest BCUT2D eigenvalue weighted by Gasteiger charge is 2.31. The summed E-state index contributed by atoms with van der Waals surface area (Å²) in [4.78, 5) is 39.0. The second-order valence-corrected chi connectivity index (χ2v) is 9.51. The molecule has 0 bridgehead atoms. The van der Waals surface area contributed by atoms with Crippen LogP contribution < -0.4 is 10.6 Å². The number of amides is 1. The number of unbranched alkanes of at least 4 members (excludes halogenated alkanes) is 1. The Morgan fingerprint density at radius 1 is 1.14 bits per heavy atom. The monoisotopic (exact) mass is 496 g/mol. The van der Waals surface area contributed by atoms with Gasteiger partial charge >= 0.3 is 5.97 Å². The van der Waals surface area contributed by atoms with Gasteiger partial charge < -0.3 is 15.6 Å². The van der Waals surface area contributed by atoms with E-state index >= 15 is 0 Å². The molecule has 4 rings (SSSR count). The van der Waals surface area contributed by atoms with E-state index in [4.69, 9.17) is 15.6 Å². The summed E-state index contributed by atoms with van der Waals surface area (Å²) in [6.07, 6.45) is 2.07. The van der Waals surface area contributed by atoms with E-state index in [1.807, 2.05) is 18.2 Å². The van der Waals surface area contributed by atoms with Gasteiger partial charge in [-0.15, -0.1) is 0 Å². The second-order valence-electron chi connectivity index (χ2n) is 9.51. The molecule has 1 saturated heterocycles. The summed E-state index contributed by atoms with van der Waals surface area (Å²) in [6, 6.07) is 7.83. The van der Waals surface area contributed by atoms with Gasteiger partial charge in [-0.2, -0.15) is 0 Å². The molecule has 3 N–H and O–H groups in total. The topological polar surface area (TPSA) is 125 Å². The van der Waals surface area contributed by atoms with E-state index < -0.39 is 5.97 Å². The van der Waals surface area contributed by atoms with Crippen LogP contribution in [0.25, 0.3) is 0 Å². The maximum atomic E-state index is 12.6. The third-order valence-corrected chi connectivity index (χ3v) is 6.71. The van der Waals surface area contributed by atoms with Crippen LogP contribution in [0.2, 0.25) is 0 Å². The molecule has 2 aromatic rings. The van der Waals surface area contributed by atoms with Crippen LogP contribution >= 0.6 is 0 Å². The number of carbonyl (C=O) groups is 2. The van der Waals surface area contributed by atoms with Gasteiger partial charge in [0.25, 0.3) is 0 Å². The number of morpholine rings is 1. The lowest BCUT2D eigenvalue weighted by Crippen LogP contribution is -2.41. The molecule has 3 heterocycles. The smallest absolute Gasteiger partial charge is 0.307 e. The molecule has 0 atom stereocenters. The van der Waals surface area contributed by atoms with Crippen molar-refractivity contribution in [2.24, 2.45) is 0 Å². The Kier molecular flexibility index (Phi) is 8.84. The van der Waals surface area contributed by atoms with Gasteiger partial charge in [-0.3, -0.25) is 24.3 Å². The molecule has 1 aromatic carbocycles. The van der Waals surface area contributed by atoms with Crippen LogP contribution in [0.15, 0.2) is 24.3 Å². The van der Waals surface area contributed by atoms with Gasteiger partial charge in [-0.05, 0) is 37.4 Å². The van der Waals surface area contributed by atoms with E-state index in [0.29, 0.717) is 24.0 Å². The zero-order chi connectivity index (χ0) is 25.5. The van der Waals surface area contributed by atoms with Crippen LogP contribution in [0.4, 0.5) is 11.6 Å². The second kappa shape index (κ2) is 12.2. The number of aryl methyl sites for hydroxylation is 1. The minimum atomic E-state index is -0.823. The number of nitrogen functional groups attached to an aromatic ring is 1. The normalized spacial score (nSPS) is 16.1. The largest absolute Gasteiger partial charge is 0.481 e. The minimum Gasteiger partial charge on any atom is -0.481 e. The van der Waals surface area contributed by atoms with Gasteiger partial charge in [0.1, 0.15) is 17.5 Å². The molecule has 10 heteroatoms. The fraction of sp³-hybridized carbons (Fsp3) is 0.538. The van der Waals surface area contributed by atoms with Crippen LogP contribution in [0.3, 0.4) is 0 Å². The Morgan fingerprint density at radius 2 is 1.92 bits per heavy atom. The van der Waals surface area contributed by atoms with Gasteiger partial charge in [-0.1, -0.05) is 24.3 Å². The van der Waals surface area contributed by atoms with Gasteiger partial charge in [0.2, 0.25) is 5.91 Å². The van der Waals surface area contributed by atoms with E-state index in [0.717, 1.165) is 82.0 Å². The predicted octanol–water partition coefficient (Wildman–Crippen LogP) is 1.50. The molecule has 1 amide bonds. The number of benzene rings is 1. The van der Waals surface area contributed by atoms with Crippen molar-refractivity contribution in [1.82, 2.24) is 19.8 Å². The first kappa shape index (κ1) is 26.0. The Morgan fingerprint density at radius 3 is 2.69 bits per heavy atom. The summed E-state index contributed by atoms with van der Waals surface area (Å²) < 4.78 is 5.47. The SMILES string of the molecule is Cc1nc(N)c2c(n1)N(CCCCN(CCN1CCOCC1)Cc1cccc(CC(=O)O)c1)C(=O)C2. The molecular weight excluding hydrogens is 460 g/mol. The number of rotatable bonds is 12. The maximum Gasteiger partial charge on any atom is 0.307 e. The molecular formula is C26H36N6O4. The van der Waals surface area contributed by atoms with Crippen LogP contribution in [-0.4, -0.2) is 89.2 Å². The lowest BCUT2D eigenvalue weighted by molar-refractivity contribution is -0.136. The molecule has 36 heavy (non-hydrogen) atoms. The van der Waals surface area contributed by atoms with Crippen molar-refractivity contribution in [2.45, 2.75) is 39.2 Å². The van der Waals surface area contributed by atoms with E-state index in [9.17, 15) is 9.59 Å². The number of nitrogens with two attached hydrogens (primary N) is 1. The van der Waals surface area contributed by atoms with Crippen molar-refractivity contribution >= 4 is 23.5 Å². The molecule has 0 unspecified atom stereocenters. The lowest BCUT2D eigenvalue weighted by Gasteiger charge is -2.30. The molecule has 0 saturated carbocycles. The van der Waals surface area contributed by atoms with Crippen molar-refractivity contribution in [3.8, 4) is 0 Å². The fourth-order valence-corrected chi connectivity index (χ4v) is 4.84. The number of fused-ring (bicyclic) bond motifs is 1. The fourth-order valence-electron chi connectivity index (χ4n) is 4.84. The van der Waals surface area contributed by atoms with Crippen molar-refractivity contribution in [3.63, 3.8) is 0 Å². The van der Waals surface area contributed by atoms with Gasteiger partial charge in [0, 0.05) is 44.8 Å². The first-order valence-corrected chi connectivity index (χ1v) is 12.6. The van der Waals surface area contributed by atoms with E-state index in [2.05, 4.69) is 25.8 Å². The Hall–Kier alpha value is -3.08. The summed E-state index contributed by atoms with van der Waals surface area (Å²) in [5.41, 5.74) is 8.68. The molecule has 2 aliphatic rings. The number of hydrogen-bond donors (Lipinski definition) is 2. The van der Waals surface area contributed by atoms with Crippen LogP contribution in [0.1, 0.15) is 35.4 Å². The highest BCUT2D eigenvalue weighted by atomic mass is 16.5. The number of aliphatic carboxylic acids is 1. The molecule has 1 fully saturated rings. The quantitative estimate of drug-likeness (QED) is 0.421. The Balaban J connectivity index is 1.34. The highest BCUT2D eigenvalue weighted by molar-refractivity contribution is 6.01. The van der Waals surface area contributed by atoms with Crippen molar-refractivity contribution in [1.29, 1.82) is 0 Å². The van der Waals surface area contributed by atoms with Crippen molar-refractivity contribution < 1.29 is 19.4 Å². The first-order chi connectivity index (χ1) is 17.4. The summed E-state index contributed by atoms with van der Waals surface area (Å²) in [5, 5.41) is 9.14. The van der Waals surface area contributed by atoms with Crippen LogP contribution in [-0.2, 0) is 33.7 Å². The van der Waals surface area contributed by atoms with Gasteiger partial charge in [0.15, 0.2) is 0 Å². The number of hydrogen-bond acceptors (Lipinski definition) is 8. The molecule has 0 radical (unpaired) electrons. The number of carboxylic acids is 1. The van der Waals surface area contributed by atoms with Gasteiger partial charge in [-0.25, -0.2) is 9.97 Å². The number of ether oxygens (including phenoxy) is 1. The summed E-state index contributed by atoms with van der Waals surface area (Å²) >= 11 is 0. The number of carboxylic acid groups (broad SMARTS) is 1. The summed E-state index contributed by atoms with van der Waals surface area (Å²) in [6.45, 7) is 9.35. The molecule has 194 valence electrons. The zero-order valence-corrected chi connectivity index (χ0v) is 21.0. The van der Waals surface area contributed by atoms with Crippen molar-refractivity contribution in [3.05, 3.63) is 46.8 Å². The van der Waals surface area contributed by atoms with Crippen LogP contribution in [0, 0.1) is 6.92 Å². The molecule has 0 aliphatic carbocycles. The van der Waals surface area contributed by atoms with Crippen molar-refractivity contribution in [2.75, 3.05) is 63.1 Å². The average molecular weight is 497 g/mol. The zero-order valence-electron chi connectivity index (χ0n) is 21.0. The Labute approximate surface area is 212 Å². The third-order valence-electron chi connectivity index (χ3n) is 6.71. The summed E-state index contributed by atoms with van der Waals surface area (Å²) in [5.74, 6) is 0.829. The first-order valence-electron chi connectivity index (χ1n) is 12.6. The number of carbonyl (C=O) groups excluding carboxylic acids is 1. The molecule has 0 spiro atoms. The van der Waals surface area contributed by atoms with E-state index in [1.165, 1.54) is 0 Å². The predicted molar refractivity (Wildman–Crippen MR) is 137 cm³/mol. The van der Waals surface area contributed by atoms with E-state index in [1.54, 1.807) is 11.8 Å². The molecule has 10 nitrogen and oxygen atoms in total. The Bertz CT molecular complexity index is 1070. The van der Waals surface area contributed by atoms with Gasteiger partial charge in [0.05, 0.1) is 26.1 Å². The average Bonchev–Trinajstić information content (AvgIpc) is 3.16. The number of nitrogens with zero attached hydrogens (tertiary/aromatic N) is 5. The number of anilines is 2. The maximum absolute atomic E-state index is 12.6. The molecule has 2 aliphatic heterocycles. The third kappa shape index (κ3) is 6.99. The highest BCUT2D eigenvalue weighted by Crippen LogP contribution is 2.30. The number of aromatic nitrogens is 2. The van der Waals surface area contributed by atoms with Crippen LogP contribution in [0.5, 0.6) is 0 Å². The lowest BCUT2D eigenvalue weighted by atomic mass is 10.1. The minimum absolute atomic E-state index is 0.0241. The standard InChI is InChI=1S/C26H36N6O4/c1-19-28-25(27)22-17-23(33)32(26(22)29-19)8-3-2-7-31(10-9-30-11-13-36-14-12-30)18-21-6-4-5-20(15-21)16-24(34)35/h4-6,15H,2-3,7-14,16-18H2,1H3,(H,34,35)(H2,27,28,29). The summed E-state index contributed by atoms with van der Waals surface area (Å²) in [7, 11) is 0. The molecule has 1 aromatic heterocycles.